The van der Waals surface area contributed by atoms with Gasteiger partial charge in [0.2, 0.25) is 10.0 Å². The molecule has 2 aromatic rings. The van der Waals surface area contributed by atoms with Crippen LogP contribution in [-0.4, -0.2) is 41.6 Å². The first-order valence-electron chi connectivity index (χ1n) is 8.81. The molecule has 0 aliphatic carbocycles. The number of hydrogen-bond acceptors (Lipinski definition) is 6. The van der Waals surface area contributed by atoms with E-state index in [0.29, 0.717) is 18.7 Å². The fraction of sp³-hybridized carbons (Fsp3) is 0.333. The number of aromatic nitrogens is 1. The van der Waals surface area contributed by atoms with E-state index in [-0.39, 0.29) is 21.8 Å². The van der Waals surface area contributed by atoms with Crippen LogP contribution < -0.4 is 5.32 Å². The number of rotatable bonds is 5. The summed E-state index contributed by atoms with van der Waals surface area (Å²) >= 11 is 0. The molecule has 0 spiro atoms. The van der Waals surface area contributed by atoms with E-state index in [2.05, 4.69) is 10.3 Å². The van der Waals surface area contributed by atoms with Gasteiger partial charge < -0.3 is 5.32 Å². The number of carbonyl (C=O) groups is 1. The van der Waals surface area contributed by atoms with Gasteiger partial charge in [0.1, 0.15) is 11.9 Å². The first kappa shape index (κ1) is 19.9. The van der Waals surface area contributed by atoms with Crippen molar-refractivity contribution in [1.29, 1.82) is 0 Å². The summed E-state index contributed by atoms with van der Waals surface area (Å²) in [5, 5.41) is 13.6. The maximum Gasteiger partial charge on any atom is 0.310 e. The van der Waals surface area contributed by atoms with Crippen LogP contribution in [0.25, 0.3) is 0 Å². The smallest absolute Gasteiger partial charge is 0.310 e. The molecule has 2 heterocycles. The van der Waals surface area contributed by atoms with Crippen molar-refractivity contribution in [3.05, 3.63) is 57.9 Å². The Bertz CT molecular complexity index is 1020. The summed E-state index contributed by atoms with van der Waals surface area (Å²) in [5.74, 6) is -0.623. The molecule has 1 aromatic heterocycles. The summed E-state index contributed by atoms with van der Waals surface area (Å²) in [6.45, 7) is 2.59. The third-order valence-corrected chi connectivity index (χ3v) is 6.55. The molecule has 0 saturated carbocycles. The molecule has 3 rings (SSSR count). The van der Waals surface area contributed by atoms with Crippen molar-refractivity contribution in [1.82, 2.24) is 9.29 Å². The summed E-state index contributed by atoms with van der Waals surface area (Å²) in [7, 11) is -3.69. The van der Waals surface area contributed by atoms with E-state index in [1.165, 1.54) is 28.7 Å². The lowest BCUT2D eigenvalue weighted by Crippen LogP contribution is -2.35. The molecule has 148 valence electrons. The van der Waals surface area contributed by atoms with Gasteiger partial charge in [-0.3, -0.25) is 19.9 Å². The molecule has 28 heavy (non-hydrogen) atoms. The number of amides is 1. The Morgan fingerprint density at radius 1 is 1.21 bits per heavy atom. The number of nitrogens with zero attached hydrogens (tertiary/aromatic N) is 3. The molecule has 1 fully saturated rings. The van der Waals surface area contributed by atoms with Crippen LogP contribution in [0.4, 0.5) is 11.4 Å². The zero-order valence-corrected chi connectivity index (χ0v) is 16.1. The van der Waals surface area contributed by atoms with Crippen molar-refractivity contribution >= 4 is 27.3 Å². The fourth-order valence-corrected chi connectivity index (χ4v) is 4.63. The summed E-state index contributed by atoms with van der Waals surface area (Å²) < 4.78 is 27.2. The molecular weight excluding hydrogens is 384 g/mol. The Balaban J connectivity index is 1.91. The molecule has 1 aromatic carbocycles. The van der Waals surface area contributed by atoms with Crippen LogP contribution in [0.5, 0.6) is 0 Å². The standard InChI is InChI=1S/C18H20N4O5S/c1-13-5-6-14(28(26,27)21-9-3-2-4-10-21)11-15(13)18(23)20-16-7-8-19-12-17(16)22(24)25/h5-8,11-12H,2-4,9-10H2,1H3,(H,19,20,23). The van der Waals surface area contributed by atoms with Crippen molar-refractivity contribution in [2.45, 2.75) is 31.1 Å². The van der Waals surface area contributed by atoms with Gasteiger partial charge in [-0.15, -0.1) is 0 Å². The minimum absolute atomic E-state index is 0.00584. The SMILES string of the molecule is Cc1ccc(S(=O)(=O)N2CCCCC2)cc1C(=O)Nc1ccncc1[N+](=O)[O-]. The zero-order valence-electron chi connectivity index (χ0n) is 15.3. The largest absolute Gasteiger partial charge is 0.316 e. The van der Waals surface area contributed by atoms with Gasteiger partial charge in [0.25, 0.3) is 5.91 Å². The van der Waals surface area contributed by atoms with Crippen molar-refractivity contribution in [3.8, 4) is 0 Å². The van der Waals surface area contributed by atoms with Gasteiger partial charge >= 0.3 is 5.69 Å². The van der Waals surface area contributed by atoms with E-state index in [0.717, 1.165) is 25.5 Å². The van der Waals surface area contributed by atoms with Crippen LogP contribution in [0.2, 0.25) is 0 Å². The maximum absolute atomic E-state index is 12.9. The van der Waals surface area contributed by atoms with E-state index < -0.39 is 20.9 Å². The number of benzene rings is 1. The molecule has 0 bridgehead atoms. The summed E-state index contributed by atoms with van der Waals surface area (Å²) in [4.78, 5) is 26.9. The lowest BCUT2D eigenvalue weighted by atomic mass is 10.1. The Morgan fingerprint density at radius 2 is 1.93 bits per heavy atom. The number of hydrogen-bond donors (Lipinski definition) is 1. The molecule has 9 nitrogen and oxygen atoms in total. The Labute approximate surface area is 162 Å². The molecule has 1 N–H and O–H groups in total. The molecule has 0 radical (unpaired) electrons. The highest BCUT2D eigenvalue weighted by atomic mass is 32.2. The summed E-state index contributed by atoms with van der Waals surface area (Å²) in [5.41, 5.74) is 0.357. The number of nitro groups is 1. The summed E-state index contributed by atoms with van der Waals surface area (Å²) in [6, 6.07) is 5.68. The van der Waals surface area contributed by atoms with Gasteiger partial charge in [0.05, 0.1) is 9.82 Å². The average molecular weight is 404 g/mol. The number of piperidine rings is 1. The first-order valence-corrected chi connectivity index (χ1v) is 10.3. The fourth-order valence-electron chi connectivity index (χ4n) is 3.09. The number of anilines is 1. The predicted molar refractivity (Wildman–Crippen MR) is 103 cm³/mol. The Kier molecular flexibility index (Phi) is 5.71. The Hall–Kier alpha value is -2.85. The van der Waals surface area contributed by atoms with E-state index in [9.17, 15) is 23.3 Å². The molecule has 1 saturated heterocycles. The van der Waals surface area contributed by atoms with Crippen LogP contribution >= 0.6 is 0 Å². The number of sulfonamides is 1. The summed E-state index contributed by atoms with van der Waals surface area (Å²) in [6.07, 6.45) is 4.99. The van der Waals surface area contributed by atoms with E-state index >= 15 is 0 Å². The highest BCUT2D eigenvalue weighted by Gasteiger charge is 2.27. The van der Waals surface area contributed by atoms with Crippen molar-refractivity contribution < 1.29 is 18.1 Å². The second-order valence-corrected chi connectivity index (χ2v) is 8.48. The van der Waals surface area contributed by atoms with E-state index in [1.807, 2.05) is 0 Å². The van der Waals surface area contributed by atoms with Gasteiger partial charge in [-0.05, 0) is 43.5 Å². The van der Waals surface area contributed by atoms with Crippen molar-refractivity contribution in [2.24, 2.45) is 0 Å². The van der Waals surface area contributed by atoms with Gasteiger partial charge in [-0.2, -0.15) is 4.31 Å². The van der Waals surface area contributed by atoms with Crippen LogP contribution in [-0.2, 0) is 10.0 Å². The highest BCUT2D eigenvalue weighted by Crippen LogP contribution is 2.25. The minimum atomic E-state index is -3.69. The van der Waals surface area contributed by atoms with E-state index in [1.54, 1.807) is 13.0 Å². The van der Waals surface area contributed by atoms with Gasteiger partial charge in [-0.25, -0.2) is 8.42 Å². The second kappa shape index (κ2) is 8.03. The van der Waals surface area contributed by atoms with Gasteiger partial charge in [0.15, 0.2) is 0 Å². The lowest BCUT2D eigenvalue weighted by molar-refractivity contribution is -0.384. The molecule has 1 aliphatic rings. The normalized spacial score (nSPS) is 15.2. The highest BCUT2D eigenvalue weighted by molar-refractivity contribution is 7.89. The van der Waals surface area contributed by atoms with Crippen LogP contribution in [0.3, 0.4) is 0 Å². The molecule has 10 heteroatoms. The van der Waals surface area contributed by atoms with Gasteiger partial charge in [-0.1, -0.05) is 12.5 Å². The van der Waals surface area contributed by atoms with E-state index in [4.69, 9.17) is 0 Å². The third kappa shape index (κ3) is 4.02. The van der Waals surface area contributed by atoms with Crippen molar-refractivity contribution in [2.75, 3.05) is 18.4 Å². The molecule has 1 aliphatic heterocycles. The van der Waals surface area contributed by atoms with Gasteiger partial charge in [0, 0.05) is 24.8 Å². The second-order valence-electron chi connectivity index (χ2n) is 6.55. The molecule has 1 amide bonds. The third-order valence-electron chi connectivity index (χ3n) is 4.65. The topological polar surface area (TPSA) is 123 Å². The number of pyridine rings is 1. The Morgan fingerprint density at radius 3 is 2.61 bits per heavy atom. The monoisotopic (exact) mass is 404 g/mol. The number of aryl methyl sites for hydroxylation is 1. The van der Waals surface area contributed by atoms with Crippen LogP contribution in [0.15, 0.2) is 41.6 Å². The minimum Gasteiger partial charge on any atom is -0.316 e. The first-order chi connectivity index (χ1) is 13.3. The molecule has 0 unspecified atom stereocenters. The lowest BCUT2D eigenvalue weighted by Gasteiger charge is -2.26. The maximum atomic E-state index is 12.9. The average Bonchev–Trinajstić information content (AvgIpc) is 2.69. The molecular formula is C18H20N4O5S. The van der Waals surface area contributed by atoms with Crippen molar-refractivity contribution in [3.63, 3.8) is 0 Å². The quantitative estimate of drug-likeness (QED) is 0.604. The number of carbonyl (C=O) groups excluding carboxylic acids is 1. The van der Waals surface area contributed by atoms with Crippen LogP contribution in [0.1, 0.15) is 35.2 Å². The van der Waals surface area contributed by atoms with Crippen LogP contribution in [0, 0.1) is 17.0 Å². The molecule has 0 atom stereocenters. The predicted octanol–water partition coefficient (Wildman–Crippen LogP) is 2.73. The number of nitrogens with one attached hydrogen (secondary N) is 1. The zero-order chi connectivity index (χ0) is 20.3.